The van der Waals surface area contributed by atoms with Gasteiger partial charge in [0.05, 0.1) is 5.41 Å². The van der Waals surface area contributed by atoms with Gasteiger partial charge in [0.1, 0.15) is 0 Å². The normalized spacial score (nSPS) is 33.6. The van der Waals surface area contributed by atoms with E-state index in [0.29, 0.717) is 0 Å². The number of hydrazine groups is 1. The van der Waals surface area contributed by atoms with E-state index in [4.69, 9.17) is 0 Å². The van der Waals surface area contributed by atoms with Gasteiger partial charge in [-0.1, -0.05) is 30.3 Å². The van der Waals surface area contributed by atoms with Crippen LogP contribution in [0, 0.1) is 23.2 Å². The van der Waals surface area contributed by atoms with Crippen molar-refractivity contribution in [2.24, 2.45) is 23.2 Å². The maximum Gasteiger partial charge on any atom is 0.262 e. The molecule has 0 spiro atoms. The Labute approximate surface area is 142 Å². The van der Waals surface area contributed by atoms with Crippen LogP contribution in [0.2, 0.25) is 0 Å². The van der Waals surface area contributed by atoms with Gasteiger partial charge in [-0.3, -0.25) is 20.4 Å². The Morgan fingerprint density at radius 1 is 0.917 bits per heavy atom. The highest BCUT2D eigenvalue weighted by atomic mass is 16.2. The Balaban J connectivity index is 1.33. The quantitative estimate of drug-likeness (QED) is 0.663. The molecule has 0 aliphatic heterocycles. The lowest BCUT2D eigenvalue weighted by molar-refractivity contribution is -0.148. The molecule has 0 saturated heterocycles. The molecule has 4 nitrogen and oxygen atoms in total. The summed E-state index contributed by atoms with van der Waals surface area (Å²) in [5, 5.41) is 0. The van der Waals surface area contributed by atoms with Crippen LogP contribution in [-0.2, 0) is 9.59 Å². The number of hydrogen-bond acceptors (Lipinski definition) is 2. The maximum absolute atomic E-state index is 12.7. The fourth-order valence-electron chi connectivity index (χ4n) is 5.42. The first kappa shape index (κ1) is 15.4. The van der Waals surface area contributed by atoms with Crippen molar-refractivity contribution < 1.29 is 9.59 Å². The summed E-state index contributed by atoms with van der Waals surface area (Å²) in [4.78, 5) is 24.7. The van der Waals surface area contributed by atoms with E-state index in [1.54, 1.807) is 6.08 Å². The summed E-state index contributed by atoms with van der Waals surface area (Å²) in [6, 6.07) is 9.64. The smallest absolute Gasteiger partial charge is 0.262 e. The number of carbonyl (C=O) groups excluding carboxylic acids is 2. The molecular formula is C20H24N2O2. The second kappa shape index (κ2) is 6.08. The summed E-state index contributed by atoms with van der Waals surface area (Å²) >= 11 is 0. The van der Waals surface area contributed by atoms with Crippen LogP contribution in [-0.4, -0.2) is 11.8 Å². The molecule has 24 heavy (non-hydrogen) atoms. The monoisotopic (exact) mass is 324 g/mol. The Bertz CT molecular complexity index is 630. The van der Waals surface area contributed by atoms with Gasteiger partial charge in [0.2, 0.25) is 5.91 Å². The fourth-order valence-corrected chi connectivity index (χ4v) is 5.42. The zero-order valence-corrected chi connectivity index (χ0v) is 13.8. The molecule has 0 atom stereocenters. The molecule has 5 rings (SSSR count). The predicted octanol–water partition coefficient (Wildman–Crippen LogP) is 3.06. The van der Waals surface area contributed by atoms with Crippen LogP contribution in [0.15, 0.2) is 36.4 Å². The molecule has 126 valence electrons. The molecule has 4 aliphatic rings. The van der Waals surface area contributed by atoms with Gasteiger partial charge in [-0.05, 0) is 67.9 Å². The lowest BCUT2D eigenvalue weighted by Crippen LogP contribution is -2.56. The summed E-state index contributed by atoms with van der Waals surface area (Å²) in [6.45, 7) is 0. The number of hydrogen-bond donors (Lipinski definition) is 2. The molecule has 1 aromatic rings. The Kier molecular flexibility index (Phi) is 3.91. The minimum atomic E-state index is -0.295. The molecule has 4 fully saturated rings. The van der Waals surface area contributed by atoms with E-state index in [1.807, 2.05) is 30.3 Å². The first-order chi connectivity index (χ1) is 11.6. The minimum Gasteiger partial charge on any atom is -0.273 e. The largest absolute Gasteiger partial charge is 0.273 e. The first-order valence-electron chi connectivity index (χ1n) is 8.96. The minimum absolute atomic E-state index is 0.0167. The molecule has 2 N–H and O–H groups in total. The number of carbonyl (C=O) groups is 2. The summed E-state index contributed by atoms with van der Waals surface area (Å²) in [5.74, 6) is 1.88. The number of benzene rings is 1. The van der Waals surface area contributed by atoms with E-state index in [-0.39, 0.29) is 17.2 Å². The summed E-state index contributed by atoms with van der Waals surface area (Å²) in [7, 11) is 0. The Morgan fingerprint density at radius 2 is 1.50 bits per heavy atom. The molecule has 0 unspecified atom stereocenters. The number of rotatable bonds is 3. The van der Waals surface area contributed by atoms with Crippen molar-refractivity contribution in [2.75, 3.05) is 0 Å². The lowest BCUT2D eigenvalue weighted by Gasteiger charge is -2.55. The Morgan fingerprint density at radius 3 is 2.08 bits per heavy atom. The van der Waals surface area contributed by atoms with Gasteiger partial charge in [0.25, 0.3) is 5.91 Å². The van der Waals surface area contributed by atoms with E-state index in [2.05, 4.69) is 10.9 Å². The van der Waals surface area contributed by atoms with E-state index < -0.39 is 0 Å². The van der Waals surface area contributed by atoms with Crippen molar-refractivity contribution in [1.82, 2.24) is 10.9 Å². The lowest BCUT2D eigenvalue weighted by atomic mass is 9.49. The van der Waals surface area contributed by atoms with Crippen molar-refractivity contribution in [1.29, 1.82) is 0 Å². The van der Waals surface area contributed by atoms with Gasteiger partial charge in [-0.2, -0.15) is 0 Å². The molecule has 0 radical (unpaired) electrons. The van der Waals surface area contributed by atoms with Crippen LogP contribution < -0.4 is 10.9 Å². The van der Waals surface area contributed by atoms with Crippen molar-refractivity contribution in [3.8, 4) is 0 Å². The topological polar surface area (TPSA) is 58.2 Å². The predicted molar refractivity (Wildman–Crippen MR) is 92.4 cm³/mol. The SMILES string of the molecule is O=C(/C=C/c1ccccc1)NNC(=O)C12CC3CC(CC(C3)C1)C2. The molecule has 4 saturated carbocycles. The van der Waals surface area contributed by atoms with Crippen molar-refractivity contribution in [3.05, 3.63) is 42.0 Å². The first-order valence-corrected chi connectivity index (χ1v) is 8.96. The summed E-state index contributed by atoms with van der Waals surface area (Å²) in [5.41, 5.74) is 5.97. The van der Waals surface area contributed by atoms with Crippen molar-refractivity contribution in [3.63, 3.8) is 0 Å². The van der Waals surface area contributed by atoms with Gasteiger partial charge in [-0.15, -0.1) is 0 Å². The van der Waals surface area contributed by atoms with E-state index in [9.17, 15) is 9.59 Å². The third kappa shape index (κ3) is 2.97. The van der Waals surface area contributed by atoms with Crippen LogP contribution in [0.5, 0.6) is 0 Å². The van der Waals surface area contributed by atoms with Gasteiger partial charge in [-0.25, -0.2) is 0 Å². The molecular weight excluding hydrogens is 300 g/mol. The van der Waals surface area contributed by atoms with Gasteiger partial charge in [0.15, 0.2) is 0 Å². The average Bonchev–Trinajstić information content (AvgIpc) is 2.57. The van der Waals surface area contributed by atoms with Crippen LogP contribution >= 0.6 is 0 Å². The summed E-state index contributed by atoms with van der Waals surface area (Å²) < 4.78 is 0. The highest BCUT2D eigenvalue weighted by molar-refractivity contribution is 5.93. The van der Waals surface area contributed by atoms with Crippen LogP contribution in [0.25, 0.3) is 6.08 Å². The molecule has 0 aromatic heterocycles. The van der Waals surface area contributed by atoms with E-state index in [1.165, 1.54) is 25.3 Å². The summed E-state index contributed by atoms with van der Waals surface area (Å²) in [6.07, 6.45) is 10.1. The molecule has 0 heterocycles. The van der Waals surface area contributed by atoms with Crippen molar-refractivity contribution >= 4 is 17.9 Å². The fraction of sp³-hybridized carbons (Fsp3) is 0.500. The molecule has 4 heteroatoms. The second-order valence-corrected chi connectivity index (χ2v) is 7.89. The van der Waals surface area contributed by atoms with E-state index >= 15 is 0 Å². The third-order valence-electron chi connectivity index (χ3n) is 6.05. The molecule has 4 aliphatic carbocycles. The number of amides is 2. The van der Waals surface area contributed by atoms with Gasteiger partial charge >= 0.3 is 0 Å². The number of nitrogens with one attached hydrogen (secondary N) is 2. The molecule has 2 amide bonds. The highest BCUT2D eigenvalue weighted by Crippen LogP contribution is 2.59. The maximum atomic E-state index is 12.7. The van der Waals surface area contributed by atoms with Crippen LogP contribution in [0.1, 0.15) is 44.1 Å². The van der Waals surface area contributed by atoms with E-state index in [0.717, 1.165) is 42.6 Å². The third-order valence-corrected chi connectivity index (χ3v) is 6.05. The highest BCUT2D eigenvalue weighted by Gasteiger charge is 2.54. The standard InChI is InChI=1S/C20H24N2O2/c23-18(7-6-14-4-2-1-3-5-14)21-22-19(24)20-11-15-8-16(12-20)10-17(9-15)13-20/h1-7,15-17H,8-13H2,(H,21,23)(H,22,24)/b7-6+. The van der Waals surface area contributed by atoms with Crippen LogP contribution in [0.3, 0.4) is 0 Å². The van der Waals surface area contributed by atoms with Gasteiger partial charge < -0.3 is 0 Å². The molecule has 1 aromatic carbocycles. The zero-order chi connectivity index (χ0) is 16.6. The zero-order valence-electron chi connectivity index (χ0n) is 13.8. The van der Waals surface area contributed by atoms with Crippen LogP contribution in [0.4, 0.5) is 0 Å². The van der Waals surface area contributed by atoms with Gasteiger partial charge in [0, 0.05) is 6.08 Å². The molecule has 4 bridgehead atoms. The second-order valence-electron chi connectivity index (χ2n) is 7.89. The Hall–Kier alpha value is -2.10. The average molecular weight is 324 g/mol. The van der Waals surface area contributed by atoms with Crippen molar-refractivity contribution in [2.45, 2.75) is 38.5 Å².